The molecule has 0 N–H and O–H groups in total. The first kappa shape index (κ1) is 76.9. The molecular weight excluding hydrogens is 1560 g/mol. The highest BCUT2D eigenvalue weighted by atomic mass is 15.1. The molecule has 0 aliphatic heterocycles. The van der Waals surface area contributed by atoms with E-state index in [1.165, 1.54) is 181 Å². The number of rotatable bonds is 16. The quantitative estimate of drug-likeness (QED) is 0.0897. The van der Waals surface area contributed by atoms with Crippen LogP contribution < -0.4 is 9.80 Å². The summed E-state index contributed by atoms with van der Waals surface area (Å²) in [5.74, 6) is 0. The summed E-state index contributed by atoms with van der Waals surface area (Å²) in [7, 11) is 0. The van der Waals surface area contributed by atoms with Crippen LogP contribution in [0.2, 0.25) is 0 Å². The third-order valence-electron chi connectivity index (χ3n) is 25.8. The second kappa shape index (κ2) is 33.3. The molecule has 0 aliphatic carbocycles. The number of hydrogen-bond acceptors (Lipinski definition) is 2. The maximum atomic E-state index is 2.37. The van der Waals surface area contributed by atoms with E-state index in [0.717, 1.165) is 45.5 Å². The van der Waals surface area contributed by atoms with Crippen molar-refractivity contribution in [1.29, 1.82) is 0 Å². The topological polar surface area (TPSA) is 16.3 Å². The van der Waals surface area contributed by atoms with Crippen molar-refractivity contribution in [3.8, 4) is 100 Å². The standard InChI is InChI=1S/C63H44N2.C62H42N2/c1-43-24-41-58-59(42-43)63(57-21-9-8-20-56(57)62(58)48-29-25-45(26-30-48)44-14-4-2-5-15-44)49-31-27-46(28-32-49)47-33-35-51(36-34-47)64(50-16-6-3-7-17-50)52-37-39-53(40-38-52)65-60-22-12-10-18-54(60)55-19-11-13-23-61(55)65;1-3-16-43(17-4-1)47-18-15-19-48(42-47)62-57-26-9-7-24-55(57)61(56-25-8-10-27-58(56)62)46-32-30-44(31-33-46)45-34-36-50(37-35-45)63(49-20-5-2-6-21-49)51-38-40-52(41-39-51)64-59-28-13-11-22-53(59)54-23-12-14-29-60(54)64/h2-42H,1H3;1-42H. The molecule has 0 saturated carbocycles. The molecule has 0 spiro atoms. The van der Waals surface area contributed by atoms with Crippen molar-refractivity contribution in [3.63, 3.8) is 0 Å². The third kappa shape index (κ3) is 14.2. The van der Waals surface area contributed by atoms with Gasteiger partial charge in [-0.2, -0.15) is 0 Å². The van der Waals surface area contributed by atoms with E-state index in [1.807, 2.05) is 0 Å². The maximum absolute atomic E-state index is 2.37. The van der Waals surface area contributed by atoms with Gasteiger partial charge in [-0.3, -0.25) is 0 Å². The summed E-state index contributed by atoms with van der Waals surface area (Å²) in [5, 5.41) is 15.1. The minimum Gasteiger partial charge on any atom is -0.311 e. The summed E-state index contributed by atoms with van der Waals surface area (Å²) in [5.41, 5.74) is 34.5. The molecular formula is C125H86N4. The molecule has 129 heavy (non-hydrogen) atoms. The van der Waals surface area contributed by atoms with E-state index in [0.29, 0.717) is 0 Å². The molecule has 0 saturated heterocycles. The second-order valence-electron chi connectivity index (χ2n) is 33.4. The van der Waals surface area contributed by atoms with Gasteiger partial charge in [-0.05, 0) is 266 Å². The molecule has 2 aromatic heterocycles. The molecule has 0 amide bonds. The first-order valence-electron chi connectivity index (χ1n) is 44.4. The average Bonchev–Trinajstić information content (AvgIpc) is 1.68. The molecule has 24 rings (SSSR count). The van der Waals surface area contributed by atoms with Crippen molar-refractivity contribution in [2.75, 3.05) is 9.80 Å². The zero-order valence-electron chi connectivity index (χ0n) is 71.2. The van der Waals surface area contributed by atoms with Gasteiger partial charge in [-0.15, -0.1) is 0 Å². The Morgan fingerprint density at radius 3 is 0.690 bits per heavy atom. The summed E-state index contributed by atoms with van der Waals surface area (Å²) in [6.45, 7) is 2.19. The van der Waals surface area contributed by atoms with Crippen LogP contribution in [0.25, 0.3) is 187 Å². The van der Waals surface area contributed by atoms with Crippen LogP contribution in [0.4, 0.5) is 34.1 Å². The maximum Gasteiger partial charge on any atom is 0.0541 e. The Kier molecular flexibility index (Phi) is 19.9. The van der Waals surface area contributed by atoms with Crippen LogP contribution in [0.5, 0.6) is 0 Å². The fourth-order valence-electron chi connectivity index (χ4n) is 19.8. The van der Waals surface area contributed by atoms with Crippen LogP contribution >= 0.6 is 0 Å². The van der Waals surface area contributed by atoms with E-state index < -0.39 is 0 Å². The molecule has 0 bridgehead atoms. The summed E-state index contributed by atoms with van der Waals surface area (Å²) in [4.78, 5) is 4.67. The van der Waals surface area contributed by atoms with Gasteiger partial charge in [0.2, 0.25) is 0 Å². The second-order valence-corrected chi connectivity index (χ2v) is 33.4. The monoisotopic (exact) mass is 1640 g/mol. The molecule has 606 valence electrons. The van der Waals surface area contributed by atoms with E-state index in [9.17, 15) is 0 Å². The van der Waals surface area contributed by atoms with Crippen LogP contribution in [-0.4, -0.2) is 9.13 Å². The number of benzene rings is 22. The van der Waals surface area contributed by atoms with Gasteiger partial charge in [-0.1, -0.05) is 382 Å². The van der Waals surface area contributed by atoms with Gasteiger partial charge in [-0.25, -0.2) is 0 Å². The zero-order chi connectivity index (χ0) is 85.7. The van der Waals surface area contributed by atoms with Crippen molar-refractivity contribution in [3.05, 3.63) is 509 Å². The number of para-hydroxylation sites is 6. The molecule has 0 aliphatic rings. The van der Waals surface area contributed by atoms with Gasteiger partial charge in [0.05, 0.1) is 22.1 Å². The van der Waals surface area contributed by atoms with Crippen molar-refractivity contribution in [2.24, 2.45) is 0 Å². The van der Waals surface area contributed by atoms with Crippen LogP contribution in [0, 0.1) is 6.92 Å². The van der Waals surface area contributed by atoms with Crippen LogP contribution in [0.1, 0.15) is 5.56 Å². The normalized spacial score (nSPS) is 11.4. The highest BCUT2D eigenvalue weighted by Crippen LogP contribution is 2.49. The fraction of sp³-hybridized carbons (Fsp3) is 0.00800. The SMILES string of the molecule is Cc1ccc2c(-c3ccc(-c4ccccc4)cc3)c3ccccc3c(-c3ccc(-c4ccc(N(c5ccccc5)c5ccc(-n6c7ccccc7c7ccccc76)cc5)cc4)cc3)c2c1.c1ccc(-c2cccc(-c3c4ccccc4c(-c4ccc(-c5ccc(N(c6ccccc6)c6ccc(-n7c8ccccc8c8ccccc87)cc6)cc5)cc4)c4ccccc34)c2)cc1. The van der Waals surface area contributed by atoms with Gasteiger partial charge in [0.25, 0.3) is 0 Å². The van der Waals surface area contributed by atoms with E-state index in [2.05, 4.69) is 529 Å². The number of anilines is 6. The summed E-state index contributed by atoms with van der Waals surface area (Å²) < 4.78 is 4.74. The number of nitrogens with zero attached hydrogens (tertiary/aromatic N) is 4. The third-order valence-corrected chi connectivity index (χ3v) is 25.8. The van der Waals surface area contributed by atoms with Gasteiger partial charge < -0.3 is 18.9 Å². The predicted octanol–water partition coefficient (Wildman–Crippen LogP) is 34.8. The van der Waals surface area contributed by atoms with Crippen LogP contribution in [0.15, 0.2) is 504 Å². The number of hydrogen-bond donors (Lipinski definition) is 0. The van der Waals surface area contributed by atoms with E-state index >= 15 is 0 Å². The summed E-state index contributed by atoms with van der Waals surface area (Å²) >= 11 is 0. The molecule has 22 aromatic carbocycles. The molecule has 2 heterocycles. The predicted molar refractivity (Wildman–Crippen MR) is 549 cm³/mol. The van der Waals surface area contributed by atoms with Crippen LogP contribution in [-0.2, 0) is 0 Å². The van der Waals surface area contributed by atoms with E-state index in [-0.39, 0.29) is 0 Å². The van der Waals surface area contributed by atoms with Gasteiger partial charge >= 0.3 is 0 Å². The lowest BCUT2D eigenvalue weighted by molar-refractivity contribution is 1.17. The van der Waals surface area contributed by atoms with Crippen LogP contribution in [0.3, 0.4) is 0 Å². The molecule has 0 radical (unpaired) electrons. The molecule has 0 atom stereocenters. The molecule has 0 unspecified atom stereocenters. The van der Waals surface area contributed by atoms with Gasteiger partial charge in [0, 0.05) is 67.0 Å². The Balaban J connectivity index is 0.000000147. The minimum atomic E-state index is 1.10. The number of fused-ring (bicyclic) bond motifs is 10. The molecule has 4 heteroatoms. The Morgan fingerprint density at radius 2 is 0.357 bits per heavy atom. The van der Waals surface area contributed by atoms with Crippen molar-refractivity contribution < 1.29 is 0 Å². The highest BCUT2D eigenvalue weighted by Gasteiger charge is 2.24. The first-order valence-corrected chi connectivity index (χ1v) is 44.4. The first-order chi connectivity index (χ1) is 63.9. The largest absolute Gasteiger partial charge is 0.311 e. The van der Waals surface area contributed by atoms with Gasteiger partial charge in [0.1, 0.15) is 0 Å². The van der Waals surface area contributed by atoms with E-state index in [1.54, 1.807) is 0 Å². The Bertz CT molecular complexity index is 8110. The molecule has 4 nitrogen and oxygen atoms in total. The highest BCUT2D eigenvalue weighted by molar-refractivity contribution is 6.23. The smallest absolute Gasteiger partial charge is 0.0541 e. The Labute approximate surface area is 750 Å². The summed E-state index contributed by atoms with van der Waals surface area (Å²) in [6.07, 6.45) is 0. The van der Waals surface area contributed by atoms with Crippen molar-refractivity contribution in [1.82, 2.24) is 9.13 Å². The Morgan fingerprint density at radius 1 is 0.140 bits per heavy atom. The number of aryl methyl sites for hydroxylation is 1. The lowest BCUT2D eigenvalue weighted by Crippen LogP contribution is -2.10. The van der Waals surface area contributed by atoms with Gasteiger partial charge in [0.15, 0.2) is 0 Å². The van der Waals surface area contributed by atoms with E-state index in [4.69, 9.17) is 0 Å². The fourth-order valence-corrected chi connectivity index (χ4v) is 19.8. The lowest BCUT2D eigenvalue weighted by Gasteiger charge is -2.26. The average molecular weight is 1640 g/mol. The zero-order valence-corrected chi connectivity index (χ0v) is 71.2. The molecule has 24 aromatic rings. The minimum absolute atomic E-state index is 1.10. The lowest BCUT2D eigenvalue weighted by atomic mass is 9.85. The van der Waals surface area contributed by atoms with Crippen molar-refractivity contribution >= 4 is 121 Å². The summed E-state index contributed by atoms with van der Waals surface area (Å²) in [6, 6.07) is 183. The molecule has 0 fully saturated rings. The Hall–Kier alpha value is -16.9. The number of aromatic nitrogens is 2. The van der Waals surface area contributed by atoms with Crippen molar-refractivity contribution in [2.45, 2.75) is 6.92 Å².